The Morgan fingerprint density at radius 2 is 1.88 bits per heavy atom. The van der Waals surface area contributed by atoms with E-state index in [9.17, 15) is 0 Å². The summed E-state index contributed by atoms with van der Waals surface area (Å²) in [5, 5.41) is 2.62. The Labute approximate surface area is 104 Å². The fraction of sp³-hybridized carbons (Fsp3) is 0.727. The second kappa shape index (κ2) is 4.47. The minimum Gasteiger partial charge on any atom is -0.409 e. The van der Waals surface area contributed by atoms with Crippen LogP contribution in [0.15, 0.2) is 5.38 Å². The van der Waals surface area contributed by atoms with E-state index in [0.717, 1.165) is 5.69 Å². The number of nitrogen functional groups attached to an aromatic ring is 1. The fourth-order valence-electron chi connectivity index (χ4n) is 1.60. The molecule has 0 fully saturated rings. The molecule has 0 spiro atoms. The van der Waals surface area contributed by atoms with Crippen molar-refractivity contribution >= 4 is 25.5 Å². The van der Waals surface area contributed by atoms with Crippen molar-refractivity contribution in [3.8, 4) is 0 Å². The summed E-state index contributed by atoms with van der Waals surface area (Å²) in [6, 6.07) is 0. The molecule has 5 heteroatoms. The lowest BCUT2D eigenvalue weighted by Crippen LogP contribution is -2.43. The molecule has 0 aliphatic heterocycles. The summed E-state index contributed by atoms with van der Waals surface area (Å²) >= 11 is 1.48. The van der Waals surface area contributed by atoms with Crippen molar-refractivity contribution in [2.24, 2.45) is 5.41 Å². The summed E-state index contributed by atoms with van der Waals surface area (Å²) in [6.07, 6.45) is 0. The van der Waals surface area contributed by atoms with Gasteiger partial charge < -0.3 is 10.2 Å². The van der Waals surface area contributed by atoms with Crippen LogP contribution in [0.3, 0.4) is 0 Å². The molecule has 1 unspecified atom stereocenters. The molecule has 0 radical (unpaired) electrons. The molecule has 1 aromatic heterocycles. The lowest BCUT2D eigenvalue weighted by atomic mass is 9.76. The number of hydrogen-bond donors (Lipinski definition) is 1. The molecule has 1 rings (SSSR count). The fourth-order valence-corrected chi connectivity index (χ4v) is 3.68. The summed E-state index contributed by atoms with van der Waals surface area (Å²) in [4.78, 5) is 4.40. The zero-order valence-corrected chi connectivity index (χ0v) is 13.0. The van der Waals surface area contributed by atoms with E-state index in [4.69, 9.17) is 10.2 Å². The van der Waals surface area contributed by atoms with Gasteiger partial charge in [-0.25, -0.2) is 4.98 Å². The number of rotatable bonds is 3. The van der Waals surface area contributed by atoms with Gasteiger partial charge in [0.2, 0.25) is 0 Å². The first-order valence-electron chi connectivity index (χ1n) is 5.56. The van der Waals surface area contributed by atoms with Crippen LogP contribution in [-0.4, -0.2) is 14.0 Å². The maximum absolute atomic E-state index is 6.23. The summed E-state index contributed by atoms with van der Waals surface area (Å²) in [7, 11) is -1.13. The molecule has 1 atom stereocenters. The average molecular weight is 258 g/mol. The summed E-state index contributed by atoms with van der Waals surface area (Å²) in [5.41, 5.74) is 6.33. The van der Waals surface area contributed by atoms with Gasteiger partial charge in [0, 0.05) is 5.38 Å². The zero-order chi connectivity index (χ0) is 12.6. The largest absolute Gasteiger partial charge is 0.409 e. The Kier molecular flexibility index (Phi) is 3.82. The van der Waals surface area contributed by atoms with Gasteiger partial charge in [-0.15, -0.1) is 11.3 Å². The molecule has 0 aromatic carbocycles. The maximum Gasteiger partial charge on any atom is 0.180 e. The van der Waals surface area contributed by atoms with Crippen molar-refractivity contribution < 1.29 is 4.43 Å². The van der Waals surface area contributed by atoms with Crippen molar-refractivity contribution in [1.29, 1.82) is 0 Å². The van der Waals surface area contributed by atoms with Gasteiger partial charge in [-0.2, -0.15) is 0 Å². The van der Waals surface area contributed by atoms with Crippen molar-refractivity contribution in [3.63, 3.8) is 0 Å². The van der Waals surface area contributed by atoms with E-state index in [-0.39, 0.29) is 11.0 Å². The summed E-state index contributed by atoms with van der Waals surface area (Å²) in [6.45, 7) is 13.0. The summed E-state index contributed by atoms with van der Waals surface area (Å²) in [5.74, 6) is 0. The third kappa shape index (κ3) is 2.64. The molecule has 1 heterocycles. The van der Waals surface area contributed by atoms with Crippen molar-refractivity contribution in [2.45, 2.75) is 46.4 Å². The molecule has 92 valence electrons. The van der Waals surface area contributed by atoms with Gasteiger partial charge in [0.25, 0.3) is 0 Å². The van der Waals surface area contributed by atoms with Crippen LogP contribution >= 0.6 is 11.3 Å². The molecule has 0 amide bonds. The first kappa shape index (κ1) is 13.7. The third-order valence-corrected chi connectivity index (χ3v) is 4.53. The Bertz CT molecular complexity index is 359. The first-order valence-corrected chi connectivity index (χ1v) is 9.22. The Balaban J connectivity index is 3.14. The molecular weight excluding hydrogens is 236 g/mol. The predicted molar refractivity (Wildman–Crippen MR) is 73.3 cm³/mol. The van der Waals surface area contributed by atoms with Crippen LogP contribution in [-0.2, 0) is 10.0 Å². The lowest BCUT2D eigenvalue weighted by molar-refractivity contribution is -0.0268. The van der Waals surface area contributed by atoms with Crippen molar-refractivity contribution in [3.05, 3.63) is 11.1 Å². The van der Waals surface area contributed by atoms with Crippen LogP contribution in [0.1, 0.15) is 33.4 Å². The van der Waals surface area contributed by atoms with Crippen LogP contribution in [0.25, 0.3) is 0 Å². The van der Waals surface area contributed by atoms with E-state index >= 15 is 0 Å². The number of nitrogens with two attached hydrogens (primary N) is 1. The highest BCUT2D eigenvalue weighted by molar-refractivity contribution is 7.13. The molecule has 0 aliphatic rings. The molecule has 2 N–H and O–H groups in total. The van der Waals surface area contributed by atoms with Gasteiger partial charge in [-0.3, -0.25) is 0 Å². The molecule has 0 saturated heterocycles. The van der Waals surface area contributed by atoms with Crippen LogP contribution in [0.2, 0.25) is 13.1 Å². The number of anilines is 1. The van der Waals surface area contributed by atoms with Crippen LogP contribution in [0, 0.1) is 5.41 Å². The van der Waals surface area contributed by atoms with Crippen molar-refractivity contribution in [2.75, 3.05) is 5.73 Å². The quantitative estimate of drug-likeness (QED) is 0.848. The number of thiazole rings is 1. The monoisotopic (exact) mass is 258 g/mol. The predicted octanol–water partition coefficient (Wildman–Crippen LogP) is 2.99. The molecule has 0 aliphatic carbocycles. The van der Waals surface area contributed by atoms with Gasteiger partial charge in [0.1, 0.15) is 5.60 Å². The van der Waals surface area contributed by atoms with Gasteiger partial charge >= 0.3 is 0 Å². The van der Waals surface area contributed by atoms with E-state index in [2.05, 4.69) is 45.8 Å². The van der Waals surface area contributed by atoms with E-state index in [1.165, 1.54) is 11.3 Å². The van der Waals surface area contributed by atoms with Gasteiger partial charge in [0.05, 0.1) is 5.69 Å². The zero-order valence-electron chi connectivity index (χ0n) is 11.0. The third-order valence-electron chi connectivity index (χ3n) is 2.91. The highest BCUT2D eigenvalue weighted by atomic mass is 32.1. The van der Waals surface area contributed by atoms with Crippen LogP contribution in [0.4, 0.5) is 5.13 Å². The number of hydrogen-bond acceptors (Lipinski definition) is 4. The highest BCUT2D eigenvalue weighted by Gasteiger charge is 2.42. The van der Waals surface area contributed by atoms with Gasteiger partial charge in [-0.1, -0.05) is 20.8 Å². The summed E-state index contributed by atoms with van der Waals surface area (Å²) < 4.78 is 6.23. The van der Waals surface area contributed by atoms with Crippen molar-refractivity contribution in [1.82, 2.24) is 4.98 Å². The lowest BCUT2D eigenvalue weighted by Gasteiger charge is -2.42. The SMILES string of the molecule is C[SiH](C)OC(C)(c1csc(N)n1)C(C)(C)C. The van der Waals surface area contributed by atoms with Gasteiger partial charge in [-0.05, 0) is 25.4 Å². The van der Waals surface area contributed by atoms with E-state index < -0.39 is 9.04 Å². The Morgan fingerprint density at radius 3 is 2.19 bits per heavy atom. The van der Waals surface area contributed by atoms with Gasteiger partial charge in [0.15, 0.2) is 14.2 Å². The molecule has 3 nitrogen and oxygen atoms in total. The second-order valence-electron chi connectivity index (χ2n) is 5.52. The number of nitrogens with zero attached hydrogens (tertiary/aromatic N) is 1. The topological polar surface area (TPSA) is 48.1 Å². The second-order valence-corrected chi connectivity index (χ2v) is 8.74. The first-order chi connectivity index (χ1) is 7.17. The minimum atomic E-state index is -1.13. The van der Waals surface area contributed by atoms with Crippen LogP contribution < -0.4 is 5.73 Å². The molecule has 0 saturated carbocycles. The maximum atomic E-state index is 6.23. The normalized spacial score (nSPS) is 16.4. The standard InChI is InChI=1S/C11H22N2OSSi/c1-10(2,3)11(4,14-16(5)6)8-7-15-9(12)13-8/h7,16H,1-6H3,(H2,12,13). The average Bonchev–Trinajstić information content (AvgIpc) is 2.48. The Hall–Kier alpha value is -0.393. The smallest absolute Gasteiger partial charge is 0.180 e. The molecule has 1 aromatic rings. The minimum absolute atomic E-state index is 0.00475. The van der Waals surface area contributed by atoms with E-state index in [1.807, 2.05) is 5.38 Å². The van der Waals surface area contributed by atoms with E-state index in [0.29, 0.717) is 5.13 Å². The Morgan fingerprint density at radius 1 is 1.31 bits per heavy atom. The molecule has 16 heavy (non-hydrogen) atoms. The van der Waals surface area contributed by atoms with E-state index in [1.54, 1.807) is 0 Å². The highest BCUT2D eigenvalue weighted by Crippen LogP contribution is 2.43. The molecule has 0 bridgehead atoms. The molecular formula is C11H22N2OSSi. The number of aromatic nitrogens is 1. The van der Waals surface area contributed by atoms with Crippen LogP contribution in [0.5, 0.6) is 0 Å².